The zero-order valence-corrected chi connectivity index (χ0v) is 14.5. The molecule has 1 aliphatic heterocycles. The van der Waals surface area contributed by atoms with Gasteiger partial charge in [-0.05, 0) is 41.3 Å². The summed E-state index contributed by atoms with van der Waals surface area (Å²) < 4.78 is 0. The number of amides is 1. The minimum Gasteiger partial charge on any atom is -0.307 e. The van der Waals surface area contributed by atoms with E-state index in [1.54, 1.807) is 0 Å². The van der Waals surface area contributed by atoms with Crippen molar-refractivity contribution in [2.45, 2.75) is 18.9 Å². The molecule has 3 aromatic rings. The van der Waals surface area contributed by atoms with Gasteiger partial charge in [-0.3, -0.25) is 4.79 Å². The number of hydrogen-bond donors (Lipinski definition) is 0. The molecule has 0 fully saturated rings. The van der Waals surface area contributed by atoms with Crippen LogP contribution in [0.3, 0.4) is 0 Å². The molecular formula is C22H18ClNO. The fourth-order valence-electron chi connectivity index (χ4n) is 3.49. The van der Waals surface area contributed by atoms with E-state index in [4.69, 9.17) is 11.6 Å². The Kier molecular flexibility index (Phi) is 4.29. The number of rotatable bonds is 4. The van der Waals surface area contributed by atoms with Crippen molar-refractivity contribution in [3.05, 3.63) is 101 Å². The van der Waals surface area contributed by atoms with Crippen LogP contribution in [0.5, 0.6) is 0 Å². The van der Waals surface area contributed by atoms with E-state index in [2.05, 4.69) is 18.2 Å². The third kappa shape index (κ3) is 3.18. The van der Waals surface area contributed by atoms with E-state index in [0.717, 1.165) is 22.4 Å². The quantitative estimate of drug-likeness (QED) is 0.634. The third-order valence-electron chi connectivity index (χ3n) is 4.68. The molecule has 1 atom stereocenters. The van der Waals surface area contributed by atoms with E-state index in [1.807, 2.05) is 65.6 Å². The third-order valence-corrected chi connectivity index (χ3v) is 4.91. The highest BCUT2D eigenvalue weighted by Crippen LogP contribution is 2.40. The molecule has 0 saturated heterocycles. The summed E-state index contributed by atoms with van der Waals surface area (Å²) in [6.45, 7) is 0.600. The minimum atomic E-state index is -0.154. The van der Waals surface area contributed by atoms with Crippen molar-refractivity contribution in [1.82, 2.24) is 0 Å². The Balaban J connectivity index is 1.66. The molecule has 0 bridgehead atoms. The van der Waals surface area contributed by atoms with Crippen molar-refractivity contribution in [2.24, 2.45) is 0 Å². The number of fused-ring (bicyclic) bond motifs is 1. The van der Waals surface area contributed by atoms with Gasteiger partial charge >= 0.3 is 0 Å². The number of hydrogen-bond acceptors (Lipinski definition) is 1. The number of anilines is 1. The first-order valence-corrected chi connectivity index (χ1v) is 8.79. The summed E-state index contributed by atoms with van der Waals surface area (Å²) in [5, 5.41) is 0.706. The molecule has 4 rings (SSSR count). The number of carbonyl (C=O) groups is 1. The molecule has 25 heavy (non-hydrogen) atoms. The van der Waals surface area contributed by atoms with Crippen molar-refractivity contribution in [2.75, 3.05) is 4.90 Å². The van der Waals surface area contributed by atoms with Gasteiger partial charge in [-0.1, -0.05) is 72.3 Å². The van der Waals surface area contributed by atoms with Gasteiger partial charge in [0.05, 0.1) is 12.5 Å². The number of benzene rings is 3. The summed E-state index contributed by atoms with van der Waals surface area (Å²) in [5.41, 5.74) is 4.34. The van der Waals surface area contributed by atoms with Crippen LogP contribution in [0.4, 0.5) is 5.69 Å². The lowest BCUT2D eigenvalue weighted by Crippen LogP contribution is -2.28. The van der Waals surface area contributed by atoms with E-state index in [0.29, 0.717) is 18.0 Å². The molecule has 2 nitrogen and oxygen atoms in total. The predicted molar refractivity (Wildman–Crippen MR) is 102 cm³/mol. The van der Waals surface area contributed by atoms with Gasteiger partial charge < -0.3 is 4.90 Å². The monoisotopic (exact) mass is 347 g/mol. The molecule has 3 heteroatoms. The molecule has 1 aliphatic rings. The molecule has 0 N–H and O–H groups in total. The van der Waals surface area contributed by atoms with E-state index in [9.17, 15) is 4.79 Å². The van der Waals surface area contributed by atoms with Crippen molar-refractivity contribution >= 4 is 23.2 Å². The lowest BCUT2D eigenvalue weighted by atomic mass is 9.93. The van der Waals surface area contributed by atoms with Crippen LogP contribution < -0.4 is 4.90 Å². The lowest BCUT2D eigenvalue weighted by Gasteiger charge is -2.18. The van der Waals surface area contributed by atoms with Crippen LogP contribution in [0, 0.1) is 0 Å². The van der Waals surface area contributed by atoms with Crippen LogP contribution in [0.2, 0.25) is 5.02 Å². The first-order valence-electron chi connectivity index (χ1n) is 8.41. The highest BCUT2D eigenvalue weighted by atomic mass is 35.5. The van der Waals surface area contributed by atoms with Gasteiger partial charge in [0.25, 0.3) is 0 Å². The molecule has 0 aromatic heterocycles. The molecule has 0 spiro atoms. The van der Waals surface area contributed by atoms with E-state index in [-0.39, 0.29) is 11.8 Å². The van der Waals surface area contributed by atoms with Gasteiger partial charge in [-0.25, -0.2) is 0 Å². The van der Waals surface area contributed by atoms with Crippen LogP contribution in [-0.4, -0.2) is 5.91 Å². The Bertz CT molecular complexity index is 907. The summed E-state index contributed by atoms with van der Waals surface area (Å²) in [4.78, 5) is 15.1. The van der Waals surface area contributed by atoms with Crippen molar-refractivity contribution < 1.29 is 4.79 Å². The smallest absolute Gasteiger partial charge is 0.235 e. The maximum atomic E-state index is 13.1. The van der Waals surface area contributed by atoms with Gasteiger partial charge in [-0.2, -0.15) is 0 Å². The Labute approximate surface area is 152 Å². The second kappa shape index (κ2) is 6.73. The Morgan fingerprint density at radius 3 is 2.36 bits per heavy atom. The second-order valence-electron chi connectivity index (χ2n) is 6.36. The minimum absolute atomic E-state index is 0.154. The van der Waals surface area contributed by atoms with Gasteiger partial charge in [0.1, 0.15) is 0 Å². The Morgan fingerprint density at radius 2 is 1.56 bits per heavy atom. The van der Waals surface area contributed by atoms with Gasteiger partial charge in [0, 0.05) is 10.7 Å². The first-order chi connectivity index (χ1) is 12.2. The molecule has 0 radical (unpaired) electrons. The highest BCUT2D eigenvalue weighted by Gasteiger charge is 2.36. The normalized spacial score (nSPS) is 16.1. The summed E-state index contributed by atoms with van der Waals surface area (Å²) in [5.74, 6) is 0.00316. The van der Waals surface area contributed by atoms with E-state index < -0.39 is 0 Å². The van der Waals surface area contributed by atoms with E-state index >= 15 is 0 Å². The molecule has 3 aromatic carbocycles. The topological polar surface area (TPSA) is 20.3 Å². The number of halogens is 1. The first kappa shape index (κ1) is 15.9. The van der Waals surface area contributed by atoms with Crippen molar-refractivity contribution in [3.8, 4) is 0 Å². The average molecular weight is 348 g/mol. The fourth-order valence-corrected chi connectivity index (χ4v) is 3.71. The SMILES string of the molecule is O=C1C(Cc2cccc(Cl)c2)c2ccccc2N1Cc1ccccc1. The summed E-state index contributed by atoms with van der Waals surface area (Å²) in [7, 11) is 0. The molecule has 1 amide bonds. The Hall–Kier alpha value is -2.58. The van der Waals surface area contributed by atoms with Gasteiger partial charge in [-0.15, -0.1) is 0 Å². The predicted octanol–water partition coefficient (Wildman–Crippen LogP) is 5.21. The molecule has 0 aliphatic carbocycles. The number of carbonyl (C=O) groups excluding carboxylic acids is 1. The largest absolute Gasteiger partial charge is 0.307 e. The summed E-state index contributed by atoms with van der Waals surface area (Å²) >= 11 is 6.11. The number of nitrogens with zero attached hydrogens (tertiary/aromatic N) is 1. The summed E-state index contributed by atoms with van der Waals surface area (Å²) in [6.07, 6.45) is 0.668. The molecular weight excluding hydrogens is 330 g/mol. The maximum Gasteiger partial charge on any atom is 0.235 e. The van der Waals surface area contributed by atoms with E-state index in [1.165, 1.54) is 0 Å². The molecule has 0 saturated carbocycles. The van der Waals surface area contributed by atoms with Crippen LogP contribution in [0.25, 0.3) is 0 Å². The standard InChI is InChI=1S/C22H18ClNO/c23-18-10-6-9-17(13-18)14-20-19-11-4-5-12-21(19)24(22(20)25)15-16-7-2-1-3-8-16/h1-13,20H,14-15H2. The number of para-hydroxylation sites is 1. The fraction of sp³-hybridized carbons (Fsp3) is 0.136. The summed E-state index contributed by atoms with van der Waals surface area (Å²) in [6, 6.07) is 26.0. The van der Waals surface area contributed by atoms with Crippen LogP contribution in [-0.2, 0) is 17.8 Å². The van der Waals surface area contributed by atoms with Crippen LogP contribution >= 0.6 is 11.6 Å². The van der Waals surface area contributed by atoms with Crippen molar-refractivity contribution in [1.29, 1.82) is 0 Å². The average Bonchev–Trinajstić information content (AvgIpc) is 2.89. The van der Waals surface area contributed by atoms with Crippen molar-refractivity contribution in [3.63, 3.8) is 0 Å². The van der Waals surface area contributed by atoms with Gasteiger partial charge in [0.15, 0.2) is 0 Å². The van der Waals surface area contributed by atoms with Crippen LogP contribution in [0.1, 0.15) is 22.6 Å². The lowest BCUT2D eigenvalue weighted by molar-refractivity contribution is -0.119. The molecule has 1 unspecified atom stereocenters. The maximum absolute atomic E-state index is 13.1. The van der Waals surface area contributed by atoms with Gasteiger partial charge in [0.2, 0.25) is 5.91 Å². The zero-order chi connectivity index (χ0) is 17.2. The zero-order valence-electron chi connectivity index (χ0n) is 13.7. The molecule has 124 valence electrons. The highest BCUT2D eigenvalue weighted by molar-refractivity contribution is 6.30. The second-order valence-corrected chi connectivity index (χ2v) is 6.79. The Morgan fingerprint density at radius 1 is 0.840 bits per heavy atom. The molecule has 1 heterocycles. The van der Waals surface area contributed by atoms with Crippen LogP contribution in [0.15, 0.2) is 78.9 Å².